The molecular weight excluding hydrogens is 232 g/mol. The Morgan fingerprint density at radius 2 is 1.00 bits per heavy atom. The second kappa shape index (κ2) is 17.7. The van der Waals surface area contributed by atoms with E-state index in [0.29, 0.717) is 0 Å². The van der Waals surface area contributed by atoms with E-state index in [1.54, 1.807) is 0 Å². The third-order valence-electron chi connectivity index (χ3n) is 3.66. The molecule has 0 unspecified atom stereocenters. The van der Waals surface area contributed by atoms with E-state index in [1.165, 1.54) is 77.0 Å². The molecular formula is C18H35O. The SMILES string of the molecule is CCCCCCCC/C=C/CCCCCCCC[O]. The van der Waals surface area contributed by atoms with Crippen LogP contribution in [0.5, 0.6) is 0 Å². The summed E-state index contributed by atoms with van der Waals surface area (Å²) in [4.78, 5) is 0. The van der Waals surface area contributed by atoms with E-state index in [4.69, 9.17) is 0 Å². The molecule has 0 atom stereocenters. The molecule has 0 heterocycles. The van der Waals surface area contributed by atoms with E-state index < -0.39 is 0 Å². The highest BCUT2D eigenvalue weighted by Gasteiger charge is 1.90. The molecule has 0 amide bonds. The first-order valence-electron chi connectivity index (χ1n) is 8.65. The van der Waals surface area contributed by atoms with Crippen molar-refractivity contribution in [1.29, 1.82) is 0 Å². The van der Waals surface area contributed by atoms with Crippen LogP contribution in [0.2, 0.25) is 0 Å². The zero-order chi connectivity index (χ0) is 14.0. The molecule has 1 heteroatoms. The van der Waals surface area contributed by atoms with Crippen LogP contribution in [0.4, 0.5) is 0 Å². The highest BCUT2D eigenvalue weighted by Crippen LogP contribution is 2.09. The molecule has 0 rings (SSSR count). The molecule has 0 aromatic carbocycles. The van der Waals surface area contributed by atoms with Gasteiger partial charge in [-0.05, 0) is 32.1 Å². The Morgan fingerprint density at radius 1 is 0.579 bits per heavy atom. The third kappa shape index (κ3) is 17.7. The zero-order valence-corrected chi connectivity index (χ0v) is 13.2. The van der Waals surface area contributed by atoms with Gasteiger partial charge in [-0.3, -0.25) is 0 Å². The monoisotopic (exact) mass is 267 g/mol. The third-order valence-corrected chi connectivity index (χ3v) is 3.66. The number of allylic oxidation sites excluding steroid dienone is 2. The lowest BCUT2D eigenvalue weighted by molar-refractivity contribution is 0.186. The zero-order valence-electron chi connectivity index (χ0n) is 13.2. The Bertz CT molecular complexity index is 175. The van der Waals surface area contributed by atoms with Crippen molar-refractivity contribution >= 4 is 0 Å². The van der Waals surface area contributed by atoms with Gasteiger partial charge in [-0.2, -0.15) is 0 Å². The minimum atomic E-state index is 0.112. The summed E-state index contributed by atoms with van der Waals surface area (Å²) in [7, 11) is 0. The highest BCUT2D eigenvalue weighted by molar-refractivity contribution is 4.81. The first kappa shape index (κ1) is 18.7. The molecule has 19 heavy (non-hydrogen) atoms. The maximum absolute atomic E-state index is 10.3. The largest absolute Gasteiger partial charge is 0.237 e. The maximum Gasteiger partial charge on any atom is 0.0822 e. The van der Waals surface area contributed by atoms with Crippen molar-refractivity contribution in [2.75, 3.05) is 6.61 Å². The lowest BCUT2D eigenvalue weighted by Crippen LogP contribution is -1.82. The van der Waals surface area contributed by atoms with Crippen LogP contribution in [-0.4, -0.2) is 6.61 Å². The van der Waals surface area contributed by atoms with Gasteiger partial charge in [-0.15, -0.1) is 0 Å². The molecule has 0 aromatic heterocycles. The summed E-state index contributed by atoms with van der Waals surface area (Å²) < 4.78 is 0. The van der Waals surface area contributed by atoms with Gasteiger partial charge < -0.3 is 0 Å². The molecule has 0 fully saturated rings. The van der Waals surface area contributed by atoms with Gasteiger partial charge >= 0.3 is 0 Å². The minimum Gasteiger partial charge on any atom is -0.237 e. The lowest BCUT2D eigenvalue weighted by atomic mass is 10.1. The van der Waals surface area contributed by atoms with Crippen LogP contribution < -0.4 is 0 Å². The van der Waals surface area contributed by atoms with E-state index in [1.807, 2.05) is 0 Å². The fourth-order valence-corrected chi connectivity index (χ4v) is 2.35. The topological polar surface area (TPSA) is 19.9 Å². The van der Waals surface area contributed by atoms with Crippen molar-refractivity contribution in [2.45, 2.75) is 96.8 Å². The fraction of sp³-hybridized carbons (Fsp3) is 0.889. The molecule has 0 saturated carbocycles. The second-order valence-electron chi connectivity index (χ2n) is 5.64. The molecule has 113 valence electrons. The summed E-state index contributed by atoms with van der Waals surface area (Å²) in [6, 6.07) is 0. The Balaban J connectivity index is 3.01. The van der Waals surface area contributed by atoms with Crippen molar-refractivity contribution in [3.63, 3.8) is 0 Å². The van der Waals surface area contributed by atoms with Crippen molar-refractivity contribution < 1.29 is 5.11 Å². The Hall–Kier alpha value is -0.300. The van der Waals surface area contributed by atoms with Crippen LogP contribution in [0.3, 0.4) is 0 Å². The molecule has 0 bridgehead atoms. The van der Waals surface area contributed by atoms with Gasteiger partial charge in [-0.1, -0.05) is 76.9 Å². The van der Waals surface area contributed by atoms with E-state index in [9.17, 15) is 5.11 Å². The highest BCUT2D eigenvalue weighted by atomic mass is 16.2. The Labute approximate surface area is 121 Å². The van der Waals surface area contributed by atoms with E-state index >= 15 is 0 Å². The van der Waals surface area contributed by atoms with Gasteiger partial charge in [0, 0.05) is 0 Å². The predicted octanol–water partition coefficient (Wildman–Crippen LogP) is 6.45. The van der Waals surface area contributed by atoms with E-state index in [2.05, 4.69) is 19.1 Å². The van der Waals surface area contributed by atoms with Crippen LogP contribution in [0.15, 0.2) is 12.2 Å². The van der Waals surface area contributed by atoms with Crippen LogP contribution >= 0.6 is 0 Å². The van der Waals surface area contributed by atoms with Crippen LogP contribution in [-0.2, 0) is 5.11 Å². The quantitative estimate of drug-likeness (QED) is 0.240. The lowest BCUT2D eigenvalue weighted by Gasteiger charge is -1.99. The number of rotatable bonds is 15. The summed E-state index contributed by atoms with van der Waals surface area (Å²) in [6.45, 7) is 2.38. The number of hydrogen-bond acceptors (Lipinski definition) is 0. The molecule has 1 radical (unpaired) electrons. The number of unbranched alkanes of at least 4 members (excludes halogenated alkanes) is 12. The summed E-state index contributed by atoms with van der Waals surface area (Å²) >= 11 is 0. The van der Waals surface area contributed by atoms with Crippen LogP contribution in [0.1, 0.15) is 96.8 Å². The van der Waals surface area contributed by atoms with E-state index in [0.717, 1.165) is 12.8 Å². The first-order chi connectivity index (χ1) is 9.41. The summed E-state index contributed by atoms with van der Waals surface area (Å²) in [5.74, 6) is 0. The smallest absolute Gasteiger partial charge is 0.0822 e. The molecule has 0 aliphatic heterocycles. The van der Waals surface area contributed by atoms with Crippen molar-refractivity contribution in [3.8, 4) is 0 Å². The molecule has 0 aliphatic carbocycles. The van der Waals surface area contributed by atoms with Crippen molar-refractivity contribution in [1.82, 2.24) is 0 Å². The molecule has 0 aliphatic rings. The van der Waals surface area contributed by atoms with Gasteiger partial charge in [0.05, 0.1) is 6.61 Å². The predicted molar refractivity (Wildman–Crippen MR) is 85.0 cm³/mol. The number of hydrogen-bond donors (Lipinski definition) is 0. The van der Waals surface area contributed by atoms with Crippen LogP contribution in [0, 0.1) is 0 Å². The summed E-state index contributed by atoms with van der Waals surface area (Å²) in [5, 5.41) is 10.3. The van der Waals surface area contributed by atoms with Gasteiger partial charge in [0.1, 0.15) is 0 Å². The molecule has 0 aromatic rings. The standard InChI is InChI=1S/C18H35O/c1-2-3-4-5-6-7-8-9-10-11-12-13-14-15-16-17-18-19/h9-10H,2-8,11-18H2,1H3/b10-9+. The Kier molecular flexibility index (Phi) is 17.4. The van der Waals surface area contributed by atoms with Crippen molar-refractivity contribution in [3.05, 3.63) is 12.2 Å². The normalized spacial score (nSPS) is 11.5. The van der Waals surface area contributed by atoms with Gasteiger partial charge in [-0.25, -0.2) is 5.11 Å². The molecule has 1 nitrogen and oxygen atoms in total. The van der Waals surface area contributed by atoms with Gasteiger partial charge in [0.15, 0.2) is 0 Å². The minimum absolute atomic E-state index is 0.112. The average molecular weight is 267 g/mol. The summed E-state index contributed by atoms with van der Waals surface area (Å²) in [5.41, 5.74) is 0. The van der Waals surface area contributed by atoms with E-state index in [-0.39, 0.29) is 6.61 Å². The summed E-state index contributed by atoms with van der Waals surface area (Å²) in [6.07, 6.45) is 22.9. The fourth-order valence-electron chi connectivity index (χ4n) is 2.35. The maximum atomic E-state index is 10.3. The van der Waals surface area contributed by atoms with Gasteiger partial charge in [0.25, 0.3) is 0 Å². The average Bonchev–Trinajstić information content (AvgIpc) is 2.43. The Morgan fingerprint density at radius 3 is 1.47 bits per heavy atom. The van der Waals surface area contributed by atoms with Crippen molar-refractivity contribution in [2.24, 2.45) is 0 Å². The van der Waals surface area contributed by atoms with Crippen LogP contribution in [0.25, 0.3) is 0 Å². The molecule has 0 saturated heterocycles. The molecule has 0 N–H and O–H groups in total. The second-order valence-corrected chi connectivity index (χ2v) is 5.64. The molecule has 0 spiro atoms. The van der Waals surface area contributed by atoms with Gasteiger partial charge in [0.2, 0.25) is 0 Å². The first-order valence-corrected chi connectivity index (χ1v) is 8.65.